The number of amides is 1. The van der Waals surface area contributed by atoms with Crippen molar-refractivity contribution in [1.29, 1.82) is 0 Å². The molecule has 3 aromatic rings. The monoisotopic (exact) mass is 344 g/mol. The summed E-state index contributed by atoms with van der Waals surface area (Å²) in [7, 11) is -3.56. The molecule has 2 heterocycles. The van der Waals surface area contributed by atoms with Gasteiger partial charge in [0.05, 0.1) is 17.0 Å². The molecule has 2 aromatic heterocycles. The molecule has 0 bridgehead atoms. The van der Waals surface area contributed by atoms with Crippen molar-refractivity contribution >= 4 is 27.1 Å². The molecule has 24 heavy (non-hydrogen) atoms. The molecule has 7 nitrogen and oxygen atoms in total. The van der Waals surface area contributed by atoms with Crippen LogP contribution >= 0.6 is 0 Å². The van der Waals surface area contributed by atoms with Crippen LogP contribution in [0.4, 0.5) is 5.69 Å². The van der Waals surface area contributed by atoms with Crippen molar-refractivity contribution < 1.29 is 13.2 Å². The smallest absolute Gasteiger partial charge is 0.251 e. The van der Waals surface area contributed by atoms with Gasteiger partial charge in [0, 0.05) is 24.5 Å². The Kier molecular flexibility index (Phi) is 4.48. The van der Waals surface area contributed by atoms with E-state index in [0.29, 0.717) is 11.3 Å². The Hall–Kier alpha value is -2.87. The molecule has 0 aliphatic heterocycles. The summed E-state index contributed by atoms with van der Waals surface area (Å²) in [5.74, 6) is -0.512. The summed E-state index contributed by atoms with van der Waals surface area (Å²) < 4.78 is 28.3. The van der Waals surface area contributed by atoms with Gasteiger partial charge in [-0.1, -0.05) is 18.2 Å². The Morgan fingerprint density at radius 2 is 1.92 bits per heavy atom. The van der Waals surface area contributed by atoms with Gasteiger partial charge in [0.1, 0.15) is 0 Å². The van der Waals surface area contributed by atoms with E-state index < -0.39 is 10.0 Å². The van der Waals surface area contributed by atoms with Gasteiger partial charge >= 0.3 is 0 Å². The molecule has 8 heteroatoms. The highest BCUT2D eigenvalue weighted by atomic mass is 32.2. The van der Waals surface area contributed by atoms with Gasteiger partial charge in [-0.3, -0.25) is 9.52 Å². The van der Waals surface area contributed by atoms with Crippen LogP contribution in [0.1, 0.15) is 10.4 Å². The normalized spacial score (nSPS) is 11.3. The van der Waals surface area contributed by atoms with E-state index in [1.54, 1.807) is 59.4 Å². The van der Waals surface area contributed by atoms with Crippen LogP contribution in [-0.2, 0) is 10.0 Å². The van der Waals surface area contributed by atoms with E-state index in [2.05, 4.69) is 15.1 Å². The van der Waals surface area contributed by atoms with Crippen molar-refractivity contribution in [2.75, 3.05) is 17.0 Å². The highest BCUT2D eigenvalue weighted by molar-refractivity contribution is 7.92. The van der Waals surface area contributed by atoms with Crippen molar-refractivity contribution in [1.82, 2.24) is 14.9 Å². The molecule has 124 valence electrons. The van der Waals surface area contributed by atoms with Crippen LogP contribution in [0.2, 0.25) is 0 Å². The lowest BCUT2D eigenvalue weighted by atomic mass is 10.2. The molecule has 0 atom stereocenters. The minimum atomic E-state index is -3.56. The van der Waals surface area contributed by atoms with Crippen LogP contribution in [0.25, 0.3) is 5.52 Å². The molecule has 0 spiro atoms. The standard InChI is InChI=1S/C16H16N4O3S/c21-16(13-4-2-1-3-5-13)17-9-11-24(22,23)19-14-7-10-20-15(12-14)6-8-18-20/h1-8,10,12,19H,9,11H2,(H,17,21). The van der Waals surface area contributed by atoms with E-state index in [0.717, 1.165) is 5.52 Å². The molecule has 0 radical (unpaired) electrons. The minimum absolute atomic E-state index is 0.0258. The average molecular weight is 344 g/mol. The number of benzene rings is 1. The summed E-state index contributed by atoms with van der Waals surface area (Å²) in [6.45, 7) is 0.0258. The van der Waals surface area contributed by atoms with Crippen molar-refractivity contribution in [3.63, 3.8) is 0 Å². The third-order valence-corrected chi connectivity index (χ3v) is 4.65. The Bertz CT molecular complexity index is 952. The number of sulfonamides is 1. The molecular weight excluding hydrogens is 328 g/mol. The molecular formula is C16H16N4O3S. The maximum atomic E-state index is 12.1. The molecule has 1 amide bonds. The van der Waals surface area contributed by atoms with Gasteiger partial charge in [-0.05, 0) is 30.3 Å². The topological polar surface area (TPSA) is 92.6 Å². The van der Waals surface area contributed by atoms with Gasteiger partial charge in [-0.25, -0.2) is 12.9 Å². The second-order valence-electron chi connectivity index (χ2n) is 5.16. The van der Waals surface area contributed by atoms with Crippen LogP contribution in [0, 0.1) is 0 Å². The zero-order chi connectivity index (χ0) is 17.0. The van der Waals surface area contributed by atoms with Crippen LogP contribution < -0.4 is 10.0 Å². The number of hydrogen-bond acceptors (Lipinski definition) is 4. The second-order valence-corrected chi connectivity index (χ2v) is 7.00. The summed E-state index contributed by atoms with van der Waals surface area (Å²) in [6.07, 6.45) is 3.30. The first-order valence-corrected chi connectivity index (χ1v) is 8.96. The fraction of sp³-hybridized carbons (Fsp3) is 0.125. The lowest BCUT2D eigenvalue weighted by molar-refractivity contribution is 0.0956. The van der Waals surface area contributed by atoms with Crippen molar-refractivity contribution in [2.24, 2.45) is 0 Å². The summed E-state index contributed by atoms with van der Waals surface area (Å²) >= 11 is 0. The Morgan fingerprint density at radius 3 is 2.71 bits per heavy atom. The number of anilines is 1. The van der Waals surface area contributed by atoms with Crippen LogP contribution in [0.15, 0.2) is 60.9 Å². The van der Waals surface area contributed by atoms with E-state index in [9.17, 15) is 13.2 Å². The van der Waals surface area contributed by atoms with Gasteiger partial charge in [0.15, 0.2) is 0 Å². The van der Waals surface area contributed by atoms with Gasteiger partial charge in [0.25, 0.3) is 5.91 Å². The molecule has 2 N–H and O–H groups in total. The van der Waals surface area contributed by atoms with Crippen LogP contribution in [-0.4, -0.2) is 36.2 Å². The Labute approximate surface area is 139 Å². The maximum Gasteiger partial charge on any atom is 0.251 e. The van der Waals surface area contributed by atoms with Crippen molar-refractivity contribution in [2.45, 2.75) is 0 Å². The molecule has 0 unspecified atom stereocenters. The van der Waals surface area contributed by atoms with Gasteiger partial charge in [-0.2, -0.15) is 5.10 Å². The number of carbonyl (C=O) groups is 1. The SMILES string of the molecule is O=C(NCCS(=O)(=O)Nc1ccn2nccc2c1)c1ccccc1. The van der Waals surface area contributed by atoms with Crippen molar-refractivity contribution in [3.05, 3.63) is 66.5 Å². The fourth-order valence-electron chi connectivity index (χ4n) is 2.21. The minimum Gasteiger partial charge on any atom is -0.351 e. The lowest BCUT2D eigenvalue weighted by Crippen LogP contribution is -2.31. The number of rotatable bonds is 6. The third-order valence-electron chi connectivity index (χ3n) is 3.37. The van der Waals surface area contributed by atoms with Crippen LogP contribution in [0.5, 0.6) is 0 Å². The van der Waals surface area contributed by atoms with Gasteiger partial charge < -0.3 is 5.32 Å². The highest BCUT2D eigenvalue weighted by Crippen LogP contribution is 2.13. The quantitative estimate of drug-likeness (QED) is 0.709. The Balaban J connectivity index is 1.57. The number of carbonyl (C=O) groups excluding carboxylic acids is 1. The van der Waals surface area contributed by atoms with E-state index in [4.69, 9.17) is 0 Å². The number of pyridine rings is 1. The summed E-state index contributed by atoms with van der Waals surface area (Å²) in [4.78, 5) is 11.9. The number of nitrogens with zero attached hydrogens (tertiary/aromatic N) is 2. The fourth-order valence-corrected chi connectivity index (χ4v) is 3.17. The lowest BCUT2D eigenvalue weighted by Gasteiger charge is -2.09. The number of hydrogen-bond donors (Lipinski definition) is 2. The predicted molar refractivity (Wildman–Crippen MR) is 91.4 cm³/mol. The molecule has 0 aliphatic carbocycles. The van der Waals surface area contributed by atoms with Crippen molar-refractivity contribution in [3.8, 4) is 0 Å². The van der Waals surface area contributed by atoms with E-state index in [1.165, 1.54) is 0 Å². The summed E-state index contributed by atoms with van der Waals surface area (Å²) in [6, 6.07) is 13.7. The van der Waals surface area contributed by atoms with E-state index in [1.807, 2.05) is 6.07 Å². The second kappa shape index (κ2) is 6.71. The first kappa shape index (κ1) is 16.0. The zero-order valence-electron chi connectivity index (χ0n) is 12.7. The molecule has 0 saturated heterocycles. The number of fused-ring (bicyclic) bond motifs is 1. The zero-order valence-corrected chi connectivity index (χ0v) is 13.5. The molecule has 0 fully saturated rings. The van der Waals surface area contributed by atoms with Crippen LogP contribution in [0.3, 0.4) is 0 Å². The van der Waals surface area contributed by atoms with E-state index in [-0.39, 0.29) is 18.2 Å². The molecule has 0 saturated carbocycles. The van der Waals surface area contributed by atoms with Gasteiger partial charge in [-0.15, -0.1) is 0 Å². The Morgan fingerprint density at radius 1 is 1.12 bits per heavy atom. The van der Waals surface area contributed by atoms with Gasteiger partial charge in [0.2, 0.25) is 10.0 Å². The first-order chi connectivity index (χ1) is 11.5. The maximum absolute atomic E-state index is 12.1. The summed E-state index contributed by atoms with van der Waals surface area (Å²) in [5, 5.41) is 6.64. The molecule has 1 aromatic carbocycles. The molecule has 0 aliphatic rings. The number of nitrogens with one attached hydrogen (secondary N) is 2. The summed E-state index contributed by atoms with van der Waals surface area (Å²) in [5.41, 5.74) is 1.74. The largest absolute Gasteiger partial charge is 0.351 e. The van der Waals surface area contributed by atoms with E-state index >= 15 is 0 Å². The highest BCUT2D eigenvalue weighted by Gasteiger charge is 2.12. The first-order valence-electron chi connectivity index (χ1n) is 7.31. The third kappa shape index (κ3) is 3.90. The average Bonchev–Trinajstić information content (AvgIpc) is 3.02. The predicted octanol–water partition coefficient (Wildman–Crippen LogP) is 1.51. The number of aromatic nitrogens is 2. The molecule has 3 rings (SSSR count).